The fraction of sp³-hybridized carbons (Fsp3) is 0.118. The third-order valence-electron chi connectivity index (χ3n) is 3.40. The minimum Gasteiger partial charge on any atom is -0.331 e. The number of nitrogens with one attached hydrogen (secondary N) is 2. The Morgan fingerprint density at radius 2 is 1.88 bits per heavy atom. The van der Waals surface area contributed by atoms with Crippen molar-refractivity contribution in [3.05, 3.63) is 70.0 Å². The van der Waals surface area contributed by atoms with Crippen LogP contribution in [-0.2, 0) is 6.54 Å². The molecule has 0 saturated carbocycles. The number of nitrogens with zero attached hydrogens (tertiary/aromatic N) is 3. The van der Waals surface area contributed by atoms with Crippen molar-refractivity contribution in [1.82, 2.24) is 14.8 Å². The highest BCUT2D eigenvalue weighted by atomic mass is 35.5. The average Bonchev–Trinajstić information content (AvgIpc) is 3.00. The summed E-state index contributed by atoms with van der Waals surface area (Å²) in [6.45, 7) is 2.69. The quantitative estimate of drug-likeness (QED) is 0.628. The molecular weight excluding hydrogens is 377 g/mol. The molecule has 0 unspecified atom stereocenters. The number of hydrogen-bond donors (Lipinski definition) is 2. The van der Waals surface area contributed by atoms with Crippen LogP contribution in [0.25, 0.3) is 0 Å². The second kappa shape index (κ2) is 7.82. The van der Waals surface area contributed by atoms with Gasteiger partial charge in [-0.2, -0.15) is 0 Å². The molecule has 0 fully saturated rings. The van der Waals surface area contributed by atoms with Gasteiger partial charge < -0.3 is 5.32 Å². The van der Waals surface area contributed by atoms with Gasteiger partial charge >= 0.3 is 0 Å². The lowest BCUT2D eigenvalue weighted by atomic mass is 10.1. The molecule has 0 spiro atoms. The molecule has 1 aromatic heterocycles. The fourth-order valence-corrected chi connectivity index (χ4v) is 2.70. The average molecular weight is 392 g/mol. The second-order valence-electron chi connectivity index (χ2n) is 5.45. The third-order valence-corrected chi connectivity index (χ3v) is 4.17. The first-order valence-corrected chi connectivity index (χ1v) is 8.64. The number of aryl methyl sites for hydroxylation is 1. The van der Waals surface area contributed by atoms with Crippen LogP contribution in [0.5, 0.6) is 0 Å². The Kier molecular flexibility index (Phi) is 5.53. The lowest BCUT2D eigenvalue weighted by Gasteiger charge is -2.09. The summed E-state index contributed by atoms with van der Waals surface area (Å²) in [7, 11) is 0. The number of halogens is 2. The SMILES string of the molecule is Cc1ccc(Cn2cnc(NC(=S)Nc3cc(Cl)ccc3Cl)n2)cc1. The van der Waals surface area contributed by atoms with Crippen molar-refractivity contribution in [3.63, 3.8) is 0 Å². The Balaban J connectivity index is 1.61. The van der Waals surface area contributed by atoms with E-state index in [4.69, 9.17) is 35.4 Å². The lowest BCUT2D eigenvalue weighted by molar-refractivity contribution is 0.687. The Bertz CT molecular complexity index is 892. The standard InChI is InChI=1S/C17H15Cl2N5S/c1-11-2-4-12(5-3-11)9-24-10-20-16(23-24)22-17(25)21-15-8-13(18)6-7-14(15)19/h2-8,10H,9H2,1H3,(H2,21,22,23,25). The van der Waals surface area contributed by atoms with Gasteiger partial charge in [-0.1, -0.05) is 53.0 Å². The van der Waals surface area contributed by atoms with E-state index in [1.165, 1.54) is 5.56 Å². The van der Waals surface area contributed by atoms with E-state index in [1.54, 1.807) is 29.2 Å². The van der Waals surface area contributed by atoms with Gasteiger partial charge in [0, 0.05) is 5.02 Å². The molecule has 3 aromatic rings. The van der Waals surface area contributed by atoms with Crippen molar-refractivity contribution in [2.24, 2.45) is 0 Å². The maximum atomic E-state index is 6.10. The first-order chi connectivity index (χ1) is 12.0. The molecule has 3 rings (SSSR count). The molecule has 0 atom stereocenters. The zero-order valence-corrected chi connectivity index (χ0v) is 15.7. The van der Waals surface area contributed by atoms with Crippen molar-refractivity contribution in [1.29, 1.82) is 0 Å². The van der Waals surface area contributed by atoms with Gasteiger partial charge in [0.1, 0.15) is 6.33 Å². The van der Waals surface area contributed by atoms with Crippen LogP contribution in [0.4, 0.5) is 11.6 Å². The van der Waals surface area contributed by atoms with Crippen molar-refractivity contribution < 1.29 is 0 Å². The minimum atomic E-state index is 0.331. The van der Waals surface area contributed by atoms with Gasteiger partial charge in [-0.15, -0.1) is 5.10 Å². The molecule has 8 heteroatoms. The summed E-state index contributed by atoms with van der Waals surface area (Å²) in [4.78, 5) is 4.21. The predicted molar refractivity (Wildman–Crippen MR) is 107 cm³/mol. The van der Waals surface area contributed by atoms with E-state index >= 15 is 0 Å². The fourth-order valence-electron chi connectivity index (χ4n) is 2.16. The molecule has 5 nitrogen and oxygen atoms in total. The molecule has 1 heterocycles. The largest absolute Gasteiger partial charge is 0.331 e. The third kappa shape index (κ3) is 4.92. The Morgan fingerprint density at radius 1 is 1.12 bits per heavy atom. The van der Waals surface area contributed by atoms with E-state index in [-0.39, 0.29) is 0 Å². The Hall–Kier alpha value is -2.15. The van der Waals surface area contributed by atoms with E-state index in [0.29, 0.717) is 33.3 Å². The van der Waals surface area contributed by atoms with Crippen molar-refractivity contribution >= 4 is 52.2 Å². The number of anilines is 2. The molecule has 2 aromatic carbocycles. The summed E-state index contributed by atoms with van der Waals surface area (Å²) in [6.07, 6.45) is 1.65. The molecule has 0 radical (unpaired) electrons. The number of thiocarbonyl (C=S) groups is 1. The van der Waals surface area contributed by atoms with Crippen LogP contribution in [0.3, 0.4) is 0 Å². The van der Waals surface area contributed by atoms with E-state index in [2.05, 4.69) is 51.9 Å². The summed E-state index contributed by atoms with van der Waals surface area (Å²) in [6, 6.07) is 13.4. The molecule has 0 saturated heterocycles. The summed E-state index contributed by atoms with van der Waals surface area (Å²) in [5, 5.41) is 11.7. The second-order valence-corrected chi connectivity index (χ2v) is 6.71. The summed E-state index contributed by atoms with van der Waals surface area (Å²) >= 11 is 17.3. The van der Waals surface area contributed by atoms with Crippen molar-refractivity contribution in [3.8, 4) is 0 Å². The molecule has 25 heavy (non-hydrogen) atoms. The van der Waals surface area contributed by atoms with Crippen LogP contribution in [-0.4, -0.2) is 19.9 Å². The number of rotatable bonds is 4. The maximum absolute atomic E-state index is 6.10. The van der Waals surface area contributed by atoms with Gasteiger partial charge in [-0.25, -0.2) is 9.67 Å². The molecule has 0 aliphatic heterocycles. The van der Waals surface area contributed by atoms with Crippen LogP contribution < -0.4 is 10.6 Å². The zero-order chi connectivity index (χ0) is 17.8. The number of aromatic nitrogens is 3. The van der Waals surface area contributed by atoms with Crippen LogP contribution in [0.2, 0.25) is 10.0 Å². The first-order valence-electron chi connectivity index (χ1n) is 7.47. The Morgan fingerprint density at radius 3 is 2.64 bits per heavy atom. The molecule has 0 aliphatic carbocycles. The smallest absolute Gasteiger partial charge is 0.248 e. The summed E-state index contributed by atoms with van der Waals surface area (Å²) in [5.41, 5.74) is 2.99. The van der Waals surface area contributed by atoms with Crippen LogP contribution in [0, 0.1) is 6.92 Å². The summed E-state index contributed by atoms with van der Waals surface area (Å²) in [5.74, 6) is 0.405. The van der Waals surface area contributed by atoms with E-state index < -0.39 is 0 Å². The highest BCUT2D eigenvalue weighted by Crippen LogP contribution is 2.25. The number of benzene rings is 2. The predicted octanol–water partition coefficient (Wildman–Crippen LogP) is 4.75. The monoisotopic (exact) mass is 391 g/mol. The topological polar surface area (TPSA) is 54.8 Å². The molecule has 0 bridgehead atoms. The van der Waals surface area contributed by atoms with Gasteiger partial charge in [-0.05, 0) is 42.9 Å². The Labute approximate surface area is 161 Å². The van der Waals surface area contributed by atoms with Crippen molar-refractivity contribution in [2.75, 3.05) is 10.6 Å². The molecular formula is C17H15Cl2N5S. The molecule has 2 N–H and O–H groups in total. The van der Waals surface area contributed by atoms with Crippen LogP contribution in [0.1, 0.15) is 11.1 Å². The number of hydrogen-bond acceptors (Lipinski definition) is 3. The van der Waals surface area contributed by atoms with Crippen LogP contribution in [0.15, 0.2) is 48.8 Å². The van der Waals surface area contributed by atoms with E-state index in [9.17, 15) is 0 Å². The zero-order valence-electron chi connectivity index (χ0n) is 13.3. The molecule has 128 valence electrons. The van der Waals surface area contributed by atoms with E-state index in [1.807, 2.05) is 0 Å². The van der Waals surface area contributed by atoms with E-state index in [0.717, 1.165) is 5.56 Å². The normalized spacial score (nSPS) is 10.5. The molecule has 0 amide bonds. The summed E-state index contributed by atoms with van der Waals surface area (Å²) < 4.78 is 1.74. The highest BCUT2D eigenvalue weighted by molar-refractivity contribution is 7.80. The highest BCUT2D eigenvalue weighted by Gasteiger charge is 2.07. The van der Waals surface area contributed by atoms with Crippen molar-refractivity contribution in [2.45, 2.75) is 13.5 Å². The van der Waals surface area contributed by atoms with Crippen LogP contribution >= 0.6 is 35.4 Å². The van der Waals surface area contributed by atoms with Gasteiger partial charge in [0.2, 0.25) is 5.95 Å². The van der Waals surface area contributed by atoms with Gasteiger partial charge in [-0.3, -0.25) is 5.32 Å². The van der Waals surface area contributed by atoms with Gasteiger partial charge in [0.05, 0.1) is 17.3 Å². The first kappa shape index (κ1) is 17.7. The lowest BCUT2D eigenvalue weighted by Crippen LogP contribution is -2.20. The van der Waals surface area contributed by atoms with Gasteiger partial charge in [0.25, 0.3) is 0 Å². The van der Waals surface area contributed by atoms with Gasteiger partial charge in [0.15, 0.2) is 5.11 Å². The minimum absolute atomic E-state index is 0.331. The maximum Gasteiger partial charge on any atom is 0.248 e. The molecule has 0 aliphatic rings.